The molecule has 4 heterocycles. The minimum absolute atomic E-state index is 0.103. The highest BCUT2D eigenvalue weighted by atomic mass is 16.1. The quantitative estimate of drug-likeness (QED) is 0.277. The van der Waals surface area contributed by atoms with Gasteiger partial charge in [0.2, 0.25) is 0 Å². The predicted octanol–water partition coefficient (Wildman–Crippen LogP) is 2.69. The summed E-state index contributed by atoms with van der Waals surface area (Å²) in [7, 11) is 1.88. The molecule has 12 heteroatoms. The number of primary amides is 1. The SMILES string of the molecule is CCc1nc2cccc(C#Cc3cnn(C)c3C)c2c(=O)n1Nc1ccccc1.NC(=O)c1c(N)nn2cccnc12. The zero-order valence-electron chi connectivity index (χ0n) is 23.2. The summed E-state index contributed by atoms with van der Waals surface area (Å²) in [4.78, 5) is 33.0. The molecule has 6 aromatic rings. The summed E-state index contributed by atoms with van der Waals surface area (Å²) in [6.45, 7) is 3.94. The monoisotopic (exact) mass is 560 g/mol. The number of para-hydroxylation sites is 1. The van der Waals surface area contributed by atoms with Gasteiger partial charge in [-0.15, -0.1) is 5.10 Å². The molecule has 0 saturated heterocycles. The van der Waals surface area contributed by atoms with Crippen LogP contribution in [0, 0.1) is 18.8 Å². The second-order valence-electron chi connectivity index (χ2n) is 9.23. The van der Waals surface area contributed by atoms with Gasteiger partial charge in [0.15, 0.2) is 11.5 Å². The average molecular weight is 561 g/mol. The van der Waals surface area contributed by atoms with Crippen molar-refractivity contribution in [3.05, 3.63) is 112 Å². The molecule has 0 unspecified atom stereocenters. The van der Waals surface area contributed by atoms with Crippen LogP contribution in [0.15, 0.2) is 78.0 Å². The zero-order chi connectivity index (χ0) is 29.8. The lowest BCUT2D eigenvalue weighted by Gasteiger charge is -2.15. The fraction of sp³-hybridized carbons (Fsp3) is 0.133. The molecule has 0 fully saturated rings. The van der Waals surface area contributed by atoms with Crippen LogP contribution in [0.2, 0.25) is 0 Å². The van der Waals surface area contributed by atoms with Gasteiger partial charge in [-0.1, -0.05) is 43.0 Å². The highest BCUT2D eigenvalue weighted by Gasteiger charge is 2.15. The van der Waals surface area contributed by atoms with E-state index < -0.39 is 5.91 Å². The van der Waals surface area contributed by atoms with Gasteiger partial charge in [0.25, 0.3) is 11.5 Å². The van der Waals surface area contributed by atoms with Crippen LogP contribution in [0.5, 0.6) is 0 Å². The van der Waals surface area contributed by atoms with E-state index in [1.54, 1.807) is 29.3 Å². The Balaban J connectivity index is 0.000000226. The van der Waals surface area contributed by atoms with E-state index in [0.29, 0.717) is 34.4 Å². The molecule has 2 aromatic carbocycles. The molecule has 0 aliphatic rings. The van der Waals surface area contributed by atoms with E-state index in [-0.39, 0.29) is 16.9 Å². The Morgan fingerprint density at radius 1 is 1.05 bits per heavy atom. The normalized spacial score (nSPS) is 10.5. The smallest absolute Gasteiger partial charge is 0.281 e. The lowest BCUT2D eigenvalue weighted by molar-refractivity contribution is 0.100. The van der Waals surface area contributed by atoms with Crippen molar-refractivity contribution in [1.29, 1.82) is 0 Å². The third kappa shape index (κ3) is 5.39. The van der Waals surface area contributed by atoms with E-state index in [1.165, 1.54) is 9.19 Å². The molecule has 12 nitrogen and oxygen atoms in total. The first kappa shape index (κ1) is 27.6. The summed E-state index contributed by atoms with van der Waals surface area (Å²) in [6, 6.07) is 16.8. The van der Waals surface area contributed by atoms with E-state index in [4.69, 9.17) is 16.5 Å². The van der Waals surface area contributed by atoms with Gasteiger partial charge in [-0.05, 0) is 37.3 Å². The lowest BCUT2D eigenvalue weighted by atomic mass is 10.1. The Morgan fingerprint density at radius 3 is 2.50 bits per heavy atom. The van der Waals surface area contributed by atoms with Gasteiger partial charge in [-0.3, -0.25) is 19.7 Å². The van der Waals surface area contributed by atoms with Crippen molar-refractivity contribution in [2.75, 3.05) is 11.2 Å². The Morgan fingerprint density at radius 2 is 1.81 bits per heavy atom. The molecule has 0 radical (unpaired) electrons. The number of amides is 1. The van der Waals surface area contributed by atoms with Gasteiger partial charge < -0.3 is 11.5 Å². The molecule has 5 N–H and O–H groups in total. The number of aryl methyl sites for hydroxylation is 2. The molecular formula is C30H28N10O2. The number of nitrogens with two attached hydrogens (primary N) is 2. The number of aromatic nitrogens is 7. The van der Waals surface area contributed by atoms with Gasteiger partial charge >= 0.3 is 0 Å². The summed E-state index contributed by atoms with van der Waals surface area (Å²) in [5, 5.41) is 8.59. The summed E-state index contributed by atoms with van der Waals surface area (Å²) in [5.41, 5.74) is 18.1. The van der Waals surface area contributed by atoms with Crippen LogP contribution in [0.1, 0.15) is 39.9 Å². The summed E-state index contributed by atoms with van der Waals surface area (Å²) < 4.78 is 4.70. The maximum absolute atomic E-state index is 13.4. The fourth-order valence-electron chi connectivity index (χ4n) is 4.27. The molecule has 42 heavy (non-hydrogen) atoms. The van der Waals surface area contributed by atoms with E-state index >= 15 is 0 Å². The number of benzene rings is 2. The van der Waals surface area contributed by atoms with Crippen LogP contribution in [0.25, 0.3) is 16.6 Å². The Kier molecular flexibility index (Phi) is 7.65. The molecular weight excluding hydrogens is 532 g/mol. The maximum atomic E-state index is 13.4. The number of fused-ring (bicyclic) bond motifs is 2. The molecule has 0 aliphatic carbocycles. The predicted molar refractivity (Wildman–Crippen MR) is 161 cm³/mol. The van der Waals surface area contributed by atoms with E-state index in [0.717, 1.165) is 16.9 Å². The Bertz CT molecular complexity index is 2050. The van der Waals surface area contributed by atoms with Crippen molar-refractivity contribution < 1.29 is 4.79 Å². The van der Waals surface area contributed by atoms with Gasteiger partial charge in [0.05, 0.1) is 34.0 Å². The first-order valence-corrected chi connectivity index (χ1v) is 13.0. The number of anilines is 2. The van der Waals surface area contributed by atoms with Crippen LogP contribution in [-0.2, 0) is 13.5 Å². The van der Waals surface area contributed by atoms with Crippen LogP contribution >= 0.6 is 0 Å². The van der Waals surface area contributed by atoms with Crippen molar-refractivity contribution in [3.63, 3.8) is 0 Å². The molecule has 0 atom stereocenters. The van der Waals surface area contributed by atoms with Crippen LogP contribution in [0.4, 0.5) is 11.5 Å². The molecule has 210 valence electrons. The number of nitrogens with zero attached hydrogens (tertiary/aromatic N) is 7. The minimum atomic E-state index is -0.619. The number of hydrogen-bond acceptors (Lipinski definition) is 8. The maximum Gasteiger partial charge on any atom is 0.281 e. The Labute approximate surface area is 240 Å². The van der Waals surface area contributed by atoms with Crippen LogP contribution < -0.4 is 22.5 Å². The van der Waals surface area contributed by atoms with Gasteiger partial charge in [0.1, 0.15) is 11.4 Å². The highest BCUT2D eigenvalue weighted by Crippen LogP contribution is 2.16. The number of rotatable bonds is 4. The first-order valence-electron chi connectivity index (χ1n) is 13.0. The van der Waals surface area contributed by atoms with Crippen LogP contribution in [-0.4, -0.2) is 39.9 Å². The van der Waals surface area contributed by atoms with E-state index in [2.05, 4.69) is 32.4 Å². The third-order valence-electron chi connectivity index (χ3n) is 6.53. The molecule has 6 rings (SSSR count). The third-order valence-corrected chi connectivity index (χ3v) is 6.53. The van der Waals surface area contributed by atoms with E-state index in [9.17, 15) is 9.59 Å². The molecule has 0 spiro atoms. The van der Waals surface area contributed by atoms with Crippen molar-refractivity contribution >= 4 is 34.0 Å². The largest absolute Gasteiger partial charge is 0.381 e. The first-order chi connectivity index (χ1) is 20.3. The molecule has 0 aliphatic heterocycles. The summed E-state index contributed by atoms with van der Waals surface area (Å²) in [5.74, 6) is 6.43. The number of carbonyl (C=O) groups is 1. The minimum Gasteiger partial charge on any atom is -0.381 e. The van der Waals surface area contributed by atoms with Crippen molar-refractivity contribution in [1.82, 2.24) is 34.0 Å². The molecule has 4 aromatic heterocycles. The summed E-state index contributed by atoms with van der Waals surface area (Å²) in [6.07, 6.45) is 5.54. The van der Waals surface area contributed by atoms with Gasteiger partial charge in [-0.2, -0.15) is 5.10 Å². The van der Waals surface area contributed by atoms with Crippen molar-refractivity contribution in [2.45, 2.75) is 20.3 Å². The zero-order valence-corrected chi connectivity index (χ0v) is 23.2. The van der Waals surface area contributed by atoms with Gasteiger partial charge in [0, 0.05) is 31.4 Å². The van der Waals surface area contributed by atoms with Gasteiger partial charge in [-0.25, -0.2) is 19.2 Å². The number of nitrogens with one attached hydrogen (secondary N) is 1. The van der Waals surface area contributed by atoms with Crippen molar-refractivity contribution in [3.8, 4) is 11.8 Å². The highest BCUT2D eigenvalue weighted by molar-refractivity contribution is 6.03. The average Bonchev–Trinajstić information content (AvgIpc) is 3.51. The topological polar surface area (TPSA) is 164 Å². The Hall–Kier alpha value is -5.96. The van der Waals surface area contributed by atoms with Crippen LogP contribution in [0.3, 0.4) is 0 Å². The van der Waals surface area contributed by atoms with Crippen molar-refractivity contribution in [2.24, 2.45) is 12.8 Å². The fourth-order valence-corrected chi connectivity index (χ4v) is 4.27. The number of nitrogen functional groups attached to an aromatic ring is 1. The van der Waals surface area contributed by atoms with E-state index in [1.807, 2.05) is 69.4 Å². The second-order valence-corrected chi connectivity index (χ2v) is 9.23. The summed E-state index contributed by atoms with van der Waals surface area (Å²) >= 11 is 0. The lowest BCUT2D eigenvalue weighted by Crippen LogP contribution is -2.31. The number of hydrogen-bond donors (Lipinski definition) is 3. The molecule has 0 saturated carbocycles. The standard InChI is InChI=1S/C23H21N5O.C7H7N5O/c1-4-21-25-20-12-8-9-17(13-14-18-15-24-27(3)16(18)2)22(20)23(29)28(21)26-19-10-6-5-7-11-19;8-5-4(6(9)13)7-10-2-1-3-12(7)11-5/h5-12,15,26H,4H2,1-3H3;1-3H,(H2,8,11)(H2,9,13). The second kappa shape index (κ2) is 11.6. The molecule has 0 bridgehead atoms. The molecule has 1 amide bonds. The number of carbonyl (C=O) groups excluding carboxylic acids is 1.